The number of hydrogen-bond donors (Lipinski definition) is 0. The predicted octanol–water partition coefficient (Wildman–Crippen LogP) is 4.88. The van der Waals surface area contributed by atoms with Crippen molar-refractivity contribution >= 4 is 40.6 Å². The maximum absolute atomic E-state index is 12.5. The SMILES string of the molecule is Cc1ccc(CN2C(=O)S/C(=C\c3cccc(Cl)c3)C2=O)cc1. The number of imide groups is 1. The molecule has 0 bridgehead atoms. The van der Waals surface area contributed by atoms with E-state index in [0.717, 1.165) is 28.5 Å². The highest BCUT2D eigenvalue weighted by atomic mass is 35.5. The first kappa shape index (κ1) is 15.8. The van der Waals surface area contributed by atoms with E-state index in [1.165, 1.54) is 4.90 Å². The van der Waals surface area contributed by atoms with Crippen LogP contribution in [0.15, 0.2) is 53.4 Å². The Kier molecular flexibility index (Phi) is 4.55. The van der Waals surface area contributed by atoms with Gasteiger partial charge in [-0.05, 0) is 48.0 Å². The summed E-state index contributed by atoms with van der Waals surface area (Å²) in [5, 5.41) is 0.349. The van der Waals surface area contributed by atoms with Crippen molar-refractivity contribution in [1.29, 1.82) is 0 Å². The van der Waals surface area contributed by atoms with Gasteiger partial charge in [-0.25, -0.2) is 0 Å². The number of carbonyl (C=O) groups excluding carboxylic acids is 2. The van der Waals surface area contributed by atoms with Gasteiger partial charge in [-0.2, -0.15) is 0 Å². The van der Waals surface area contributed by atoms with E-state index in [4.69, 9.17) is 11.6 Å². The molecular weight excluding hydrogens is 330 g/mol. The summed E-state index contributed by atoms with van der Waals surface area (Å²) in [6.45, 7) is 2.29. The number of benzene rings is 2. The summed E-state index contributed by atoms with van der Waals surface area (Å²) in [6.07, 6.45) is 1.70. The van der Waals surface area contributed by atoms with E-state index in [-0.39, 0.29) is 17.7 Å². The van der Waals surface area contributed by atoms with Crippen LogP contribution < -0.4 is 0 Å². The fourth-order valence-electron chi connectivity index (χ4n) is 2.26. The van der Waals surface area contributed by atoms with E-state index in [2.05, 4.69) is 0 Å². The largest absolute Gasteiger partial charge is 0.293 e. The smallest absolute Gasteiger partial charge is 0.268 e. The van der Waals surface area contributed by atoms with Crippen LogP contribution in [0.5, 0.6) is 0 Å². The molecule has 0 spiro atoms. The highest BCUT2D eigenvalue weighted by Crippen LogP contribution is 2.33. The van der Waals surface area contributed by atoms with Crippen LogP contribution in [0.1, 0.15) is 16.7 Å². The van der Waals surface area contributed by atoms with Crippen molar-refractivity contribution < 1.29 is 9.59 Å². The lowest BCUT2D eigenvalue weighted by Gasteiger charge is -2.12. The Balaban J connectivity index is 1.81. The fraction of sp³-hybridized carbons (Fsp3) is 0.111. The Morgan fingerprint density at radius 1 is 1.13 bits per heavy atom. The summed E-state index contributed by atoms with van der Waals surface area (Å²) in [5.74, 6) is -0.263. The highest BCUT2D eigenvalue weighted by Gasteiger charge is 2.34. The molecule has 0 N–H and O–H groups in total. The van der Waals surface area contributed by atoms with Gasteiger partial charge in [0.1, 0.15) is 0 Å². The predicted molar refractivity (Wildman–Crippen MR) is 94.1 cm³/mol. The minimum atomic E-state index is -0.263. The molecule has 116 valence electrons. The molecule has 0 saturated carbocycles. The zero-order valence-electron chi connectivity index (χ0n) is 12.5. The number of aryl methyl sites for hydroxylation is 1. The Morgan fingerprint density at radius 2 is 1.87 bits per heavy atom. The minimum absolute atomic E-state index is 0.246. The third kappa shape index (κ3) is 3.66. The van der Waals surface area contributed by atoms with E-state index in [0.29, 0.717) is 9.93 Å². The number of rotatable bonds is 3. The Bertz CT molecular complexity index is 799. The molecule has 5 heteroatoms. The molecule has 2 aromatic carbocycles. The molecule has 1 aliphatic heterocycles. The summed E-state index contributed by atoms with van der Waals surface area (Å²) in [5.41, 5.74) is 2.88. The summed E-state index contributed by atoms with van der Waals surface area (Å²) in [6, 6.07) is 15.0. The first-order valence-corrected chi connectivity index (χ1v) is 8.29. The van der Waals surface area contributed by atoms with Crippen molar-refractivity contribution in [1.82, 2.24) is 4.90 Å². The molecule has 1 aliphatic rings. The van der Waals surface area contributed by atoms with Crippen LogP contribution in [0.4, 0.5) is 4.79 Å². The molecule has 3 nitrogen and oxygen atoms in total. The molecule has 0 unspecified atom stereocenters. The van der Waals surface area contributed by atoms with Gasteiger partial charge < -0.3 is 0 Å². The van der Waals surface area contributed by atoms with Crippen molar-refractivity contribution in [2.24, 2.45) is 0 Å². The molecule has 0 aliphatic carbocycles. The molecule has 1 heterocycles. The van der Waals surface area contributed by atoms with E-state index in [1.54, 1.807) is 18.2 Å². The lowest BCUT2D eigenvalue weighted by Crippen LogP contribution is -2.27. The molecule has 1 saturated heterocycles. The maximum atomic E-state index is 12.5. The van der Waals surface area contributed by atoms with Crippen LogP contribution in [0.3, 0.4) is 0 Å². The quantitative estimate of drug-likeness (QED) is 0.745. The second kappa shape index (κ2) is 6.60. The van der Waals surface area contributed by atoms with Gasteiger partial charge in [0.2, 0.25) is 0 Å². The van der Waals surface area contributed by atoms with Gasteiger partial charge in [-0.15, -0.1) is 0 Å². The van der Waals surface area contributed by atoms with Crippen LogP contribution >= 0.6 is 23.4 Å². The van der Waals surface area contributed by atoms with Crippen LogP contribution in [0, 0.1) is 6.92 Å². The van der Waals surface area contributed by atoms with Crippen LogP contribution in [-0.2, 0) is 11.3 Å². The van der Waals surface area contributed by atoms with Gasteiger partial charge >= 0.3 is 0 Å². The highest BCUT2D eigenvalue weighted by molar-refractivity contribution is 8.18. The number of carbonyl (C=O) groups is 2. The molecule has 2 amide bonds. The van der Waals surface area contributed by atoms with Gasteiger partial charge in [-0.1, -0.05) is 53.6 Å². The van der Waals surface area contributed by atoms with Gasteiger partial charge in [0.15, 0.2) is 0 Å². The van der Waals surface area contributed by atoms with Crippen molar-refractivity contribution in [3.8, 4) is 0 Å². The molecular formula is C18H14ClNO2S. The van der Waals surface area contributed by atoms with E-state index >= 15 is 0 Å². The summed E-state index contributed by atoms with van der Waals surface area (Å²) in [4.78, 5) is 26.3. The minimum Gasteiger partial charge on any atom is -0.268 e. The van der Waals surface area contributed by atoms with Crippen molar-refractivity contribution in [3.05, 3.63) is 75.1 Å². The number of halogens is 1. The monoisotopic (exact) mass is 343 g/mol. The fourth-order valence-corrected chi connectivity index (χ4v) is 3.30. The lowest BCUT2D eigenvalue weighted by molar-refractivity contribution is -0.123. The van der Waals surface area contributed by atoms with Gasteiger partial charge in [0.05, 0.1) is 11.4 Å². The van der Waals surface area contributed by atoms with Crippen molar-refractivity contribution in [2.75, 3.05) is 0 Å². The topological polar surface area (TPSA) is 37.4 Å². The van der Waals surface area contributed by atoms with Gasteiger partial charge in [0.25, 0.3) is 11.1 Å². The molecule has 0 atom stereocenters. The number of thioether (sulfide) groups is 1. The Hall–Kier alpha value is -2.04. The molecule has 3 rings (SSSR count). The number of nitrogens with zero attached hydrogens (tertiary/aromatic N) is 1. The average Bonchev–Trinajstić information content (AvgIpc) is 2.77. The van der Waals surface area contributed by atoms with Gasteiger partial charge in [0, 0.05) is 5.02 Å². The molecule has 23 heavy (non-hydrogen) atoms. The van der Waals surface area contributed by atoms with Crippen molar-refractivity contribution in [3.63, 3.8) is 0 Å². The maximum Gasteiger partial charge on any atom is 0.293 e. The molecule has 1 fully saturated rings. The van der Waals surface area contributed by atoms with Gasteiger partial charge in [-0.3, -0.25) is 14.5 Å². The standard InChI is InChI=1S/C18H14ClNO2S/c1-12-5-7-13(8-6-12)11-20-17(21)16(23-18(20)22)10-14-3-2-4-15(19)9-14/h2-10H,11H2,1H3/b16-10-. The zero-order valence-corrected chi connectivity index (χ0v) is 14.0. The normalized spacial score (nSPS) is 16.4. The molecule has 0 radical (unpaired) electrons. The second-order valence-electron chi connectivity index (χ2n) is 5.31. The number of amides is 2. The van der Waals surface area contributed by atoms with E-state index < -0.39 is 0 Å². The molecule has 0 aromatic heterocycles. The summed E-state index contributed by atoms with van der Waals surface area (Å²) < 4.78 is 0. The van der Waals surface area contributed by atoms with Crippen LogP contribution in [-0.4, -0.2) is 16.0 Å². The Morgan fingerprint density at radius 3 is 2.57 bits per heavy atom. The summed E-state index contributed by atoms with van der Waals surface area (Å²) >= 11 is 6.91. The first-order chi connectivity index (χ1) is 11.0. The van der Waals surface area contributed by atoms with Crippen molar-refractivity contribution in [2.45, 2.75) is 13.5 Å². The van der Waals surface area contributed by atoms with E-state index in [9.17, 15) is 9.59 Å². The summed E-state index contributed by atoms with van der Waals surface area (Å²) in [7, 11) is 0. The number of hydrogen-bond acceptors (Lipinski definition) is 3. The van der Waals surface area contributed by atoms with Crippen LogP contribution in [0.2, 0.25) is 5.02 Å². The van der Waals surface area contributed by atoms with E-state index in [1.807, 2.05) is 43.3 Å². The third-order valence-electron chi connectivity index (χ3n) is 3.48. The lowest BCUT2D eigenvalue weighted by atomic mass is 10.1. The second-order valence-corrected chi connectivity index (χ2v) is 6.74. The third-order valence-corrected chi connectivity index (χ3v) is 4.62. The zero-order chi connectivity index (χ0) is 16.4. The first-order valence-electron chi connectivity index (χ1n) is 7.09. The molecule has 2 aromatic rings. The average molecular weight is 344 g/mol. The van der Waals surface area contributed by atoms with Crippen LogP contribution in [0.25, 0.3) is 6.08 Å². The Labute approximate surface area is 143 Å².